The molecule has 0 saturated heterocycles. The Morgan fingerprint density at radius 1 is 1.86 bits per heavy atom. The summed E-state index contributed by atoms with van der Waals surface area (Å²) in [5.41, 5.74) is 0.639. The van der Waals surface area contributed by atoms with Gasteiger partial charge >= 0.3 is 0 Å². The van der Waals surface area contributed by atoms with Crippen molar-refractivity contribution in [1.29, 1.82) is 0 Å². The van der Waals surface area contributed by atoms with E-state index in [2.05, 4.69) is 5.32 Å². The summed E-state index contributed by atoms with van der Waals surface area (Å²) in [4.78, 5) is 0. The second kappa shape index (κ2) is 3.65. The minimum Gasteiger partial charge on any atom is -0.390 e. The van der Waals surface area contributed by atoms with Crippen LogP contribution in [0.1, 0.15) is 13.3 Å². The van der Waals surface area contributed by atoms with Crippen LogP contribution in [0.5, 0.6) is 0 Å². The summed E-state index contributed by atoms with van der Waals surface area (Å²) in [6, 6.07) is 0. The molecule has 2 heteroatoms. The summed E-state index contributed by atoms with van der Waals surface area (Å²) >= 11 is 0. The summed E-state index contributed by atoms with van der Waals surface area (Å²) in [7, 11) is 1.70. The van der Waals surface area contributed by atoms with Crippen LogP contribution < -0.4 is 5.32 Å². The highest BCUT2D eigenvalue weighted by atomic mass is 19.1. The lowest BCUT2D eigenvalue weighted by Gasteiger charge is -1.95. The number of hydrogen-bond acceptors (Lipinski definition) is 1. The van der Waals surface area contributed by atoms with E-state index >= 15 is 0 Å². The first-order valence-corrected chi connectivity index (χ1v) is 2.32. The average molecular weight is 103 g/mol. The van der Waals surface area contributed by atoms with Crippen LogP contribution in [-0.2, 0) is 0 Å². The summed E-state index contributed by atoms with van der Waals surface area (Å²) in [6.45, 7) is 1.89. The third-order valence-electron chi connectivity index (χ3n) is 0.834. The van der Waals surface area contributed by atoms with Crippen LogP contribution in [-0.4, -0.2) is 7.05 Å². The number of allylic oxidation sites excluding steroid dienone is 1. The van der Waals surface area contributed by atoms with Crippen LogP contribution in [0.3, 0.4) is 0 Å². The van der Waals surface area contributed by atoms with E-state index in [1.165, 1.54) is 0 Å². The molecule has 0 atom stereocenters. The highest BCUT2D eigenvalue weighted by Gasteiger charge is 1.82. The van der Waals surface area contributed by atoms with E-state index in [4.69, 9.17) is 0 Å². The highest BCUT2D eigenvalue weighted by Crippen LogP contribution is 1.92. The molecule has 0 aliphatic rings. The van der Waals surface area contributed by atoms with E-state index in [0.29, 0.717) is 12.0 Å². The number of nitrogens with one attached hydrogen (secondary N) is 1. The normalized spacial score (nSPS) is 11.6. The van der Waals surface area contributed by atoms with Gasteiger partial charge < -0.3 is 5.32 Å². The molecular formula is C5H10FN. The van der Waals surface area contributed by atoms with Crippen molar-refractivity contribution in [2.45, 2.75) is 13.3 Å². The fourth-order valence-electron chi connectivity index (χ4n) is 0.308. The number of hydrogen-bond donors (Lipinski definition) is 1. The largest absolute Gasteiger partial charge is 0.390 e. The molecule has 1 N–H and O–H groups in total. The van der Waals surface area contributed by atoms with Crippen molar-refractivity contribution in [3.05, 3.63) is 12.0 Å². The Balaban J connectivity index is 3.38. The monoisotopic (exact) mass is 103 g/mol. The van der Waals surface area contributed by atoms with Crippen LogP contribution in [0.25, 0.3) is 0 Å². The molecule has 42 valence electrons. The topological polar surface area (TPSA) is 12.0 Å². The SMILES string of the molecule is CC/C(=C/F)NC. The molecule has 0 bridgehead atoms. The van der Waals surface area contributed by atoms with Gasteiger partial charge in [0.15, 0.2) is 0 Å². The van der Waals surface area contributed by atoms with Gasteiger partial charge in [0.2, 0.25) is 0 Å². The predicted molar refractivity (Wildman–Crippen MR) is 28.5 cm³/mol. The van der Waals surface area contributed by atoms with Crippen LogP contribution in [0.2, 0.25) is 0 Å². The average Bonchev–Trinajstić information content (AvgIpc) is 1.72. The summed E-state index contributed by atoms with van der Waals surface area (Å²) < 4.78 is 11.4. The van der Waals surface area contributed by atoms with Gasteiger partial charge in [-0.3, -0.25) is 0 Å². The zero-order chi connectivity index (χ0) is 5.70. The lowest BCUT2D eigenvalue weighted by molar-refractivity contribution is 0.683. The third-order valence-corrected chi connectivity index (χ3v) is 0.834. The molecule has 0 aliphatic carbocycles. The zero-order valence-electron chi connectivity index (χ0n) is 4.66. The van der Waals surface area contributed by atoms with Crippen molar-refractivity contribution in [2.75, 3.05) is 7.05 Å². The van der Waals surface area contributed by atoms with Crippen LogP contribution in [0, 0.1) is 0 Å². The van der Waals surface area contributed by atoms with E-state index in [1.54, 1.807) is 7.05 Å². The van der Waals surface area contributed by atoms with Crippen LogP contribution in [0.15, 0.2) is 12.0 Å². The number of halogens is 1. The van der Waals surface area contributed by atoms with Crippen LogP contribution in [0.4, 0.5) is 4.39 Å². The van der Waals surface area contributed by atoms with Gasteiger partial charge in [-0.2, -0.15) is 0 Å². The quantitative estimate of drug-likeness (QED) is 0.557. The smallest absolute Gasteiger partial charge is 0.106 e. The standard InChI is InChI=1S/C5H10FN/c1-3-5(4-6)7-2/h4,7H,3H2,1-2H3/b5-4-. The Hall–Kier alpha value is -0.530. The molecule has 0 spiro atoms. The van der Waals surface area contributed by atoms with Gasteiger partial charge in [0.25, 0.3) is 0 Å². The van der Waals surface area contributed by atoms with Crippen molar-refractivity contribution in [2.24, 2.45) is 0 Å². The molecule has 1 nitrogen and oxygen atoms in total. The molecule has 0 heterocycles. The van der Waals surface area contributed by atoms with Gasteiger partial charge in [0.05, 0.1) is 0 Å². The summed E-state index contributed by atoms with van der Waals surface area (Å²) in [5.74, 6) is 0. The Morgan fingerprint density at radius 3 is 2.43 bits per heavy atom. The van der Waals surface area contributed by atoms with Crippen molar-refractivity contribution in [3.63, 3.8) is 0 Å². The van der Waals surface area contributed by atoms with E-state index in [0.717, 1.165) is 6.42 Å². The maximum absolute atomic E-state index is 11.4. The molecule has 0 saturated carbocycles. The van der Waals surface area contributed by atoms with Crippen molar-refractivity contribution in [1.82, 2.24) is 5.32 Å². The molecule has 0 aromatic rings. The van der Waals surface area contributed by atoms with Gasteiger partial charge in [-0.05, 0) is 6.42 Å². The highest BCUT2D eigenvalue weighted by molar-refractivity contribution is 4.90. The fraction of sp³-hybridized carbons (Fsp3) is 0.600. The Bertz CT molecular complexity index is 62.5. The molecule has 0 fully saturated rings. The van der Waals surface area contributed by atoms with Crippen molar-refractivity contribution >= 4 is 0 Å². The maximum atomic E-state index is 11.4. The van der Waals surface area contributed by atoms with Gasteiger partial charge in [-0.25, -0.2) is 4.39 Å². The fourth-order valence-corrected chi connectivity index (χ4v) is 0.308. The summed E-state index contributed by atoms with van der Waals surface area (Å²) in [6.07, 6.45) is 1.31. The van der Waals surface area contributed by atoms with Gasteiger partial charge in [-0.1, -0.05) is 6.92 Å². The van der Waals surface area contributed by atoms with E-state index in [-0.39, 0.29) is 0 Å². The van der Waals surface area contributed by atoms with Gasteiger partial charge in [0, 0.05) is 12.7 Å². The van der Waals surface area contributed by atoms with E-state index < -0.39 is 0 Å². The van der Waals surface area contributed by atoms with Gasteiger partial charge in [0.1, 0.15) is 6.33 Å². The van der Waals surface area contributed by atoms with Crippen LogP contribution >= 0.6 is 0 Å². The third kappa shape index (κ3) is 2.20. The minimum absolute atomic E-state index is 0.583. The minimum atomic E-state index is 0.583. The first kappa shape index (κ1) is 6.47. The molecule has 0 rings (SSSR count). The first-order valence-electron chi connectivity index (χ1n) is 2.32. The molecule has 7 heavy (non-hydrogen) atoms. The lowest BCUT2D eigenvalue weighted by Crippen LogP contribution is -2.02. The summed E-state index contributed by atoms with van der Waals surface area (Å²) in [5, 5.41) is 2.69. The number of rotatable bonds is 2. The molecule has 0 unspecified atom stereocenters. The first-order chi connectivity index (χ1) is 3.35. The maximum Gasteiger partial charge on any atom is 0.106 e. The Kier molecular flexibility index (Phi) is 3.38. The van der Waals surface area contributed by atoms with Crippen molar-refractivity contribution in [3.8, 4) is 0 Å². The predicted octanol–water partition coefficient (Wildman–Crippen LogP) is 1.43. The lowest BCUT2D eigenvalue weighted by atomic mass is 10.4. The van der Waals surface area contributed by atoms with E-state index in [9.17, 15) is 4.39 Å². The second-order valence-electron chi connectivity index (χ2n) is 1.24. The molecular weight excluding hydrogens is 93.1 g/mol. The molecule has 0 amide bonds. The van der Waals surface area contributed by atoms with Gasteiger partial charge in [-0.15, -0.1) is 0 Å². The molecule has 0 aromatic carbocycles. The Labute approximate surface area is 43.2 Å². The molecule has 0 aliphatic heterocycles. The molecule has 0 aromatic heterocycles. The van der Waals surface area contributed by atoms with Crippen molar-refractivity contribution < 1.29 is 4.39 Å². The molecule has 0 radical (unpaired) electrons. The zero-order valence-corrected chi connectivity index (χ0v) is 4.66. The van der Waals surface area contributed by atoms with E-state index in [1.807, 2.05) is 6.92 Å². The Morgan fingerprint density at radius 2 is 2.43 bits per heavy atom. The second-order valence-corrected chi connectivity index (χ2v) is 1.24.